The van der Waals surface area contributed by atoms with Crippen molar-refractivity contribution < 1.29 is 22.8 Å². The maximum absolute atomic E-state index is 10.4. The van der Waals surface area contributed by atoms with Crippen molar-refractivity contribution in [2.24, 2.45) is 0 Å². The van der Waals surface area contributed by atoms with Gasteiger partial charge in [0.15, 0.2) is 0 Å². The number of aliphatic hydroxyl groups excluding tert-OH is 1. The minimum atomic E-state index is -3.95. The average Bonchev–Trinajstić information content (AvgIpc) is 2.32. The van der Waals surface area contributed by atoms with Crippen LogP contribution in [0.15, 0.2) is 30.3 Å². The number of aliphatic hydroxyl groups is 1. The molecule has 6 nitrogen and oxygen atoms in total. The maximum Gasteiger partial charge on any atom is 0.266 e. The van der Waals surface area contributed by atoms with Crippen LogP contribution in [-0.2, 0) is 10.1 Å². The molecule has 102 valence electrons. The second kappa shape index (κ2) is 7.32. The zero-order valence-corrected chi connectivity index (χ0v) is 10.6. The number of rotatable bonds is 8. The van der Waals surface area contributed by atoms with Crippen LogP contribution < -0.4 is 10.1 Å². The summed E-state index contributed by atoms with van der Waals surface area (Å²) in [5.41, 5.74) is 0. The van der Waals surface area contributed by atoms with Crippen LogP contribution in [0.1, 0.15) is 0 Å². The average molecular weight is 275 g/mol. The van der Waals surface area contributed by atoms with Gasteiger partial charge in [0, 0.05) is 13.1 Å². The van der Waals surface area contributed by atoms with E-state index in [1.54, 1.807) is 12.1 Å². The lowest BCUT2D eigenvalue weighted by Gasteiger charge is -2.12. The molecule has 0 saturated heterocycles. The van der Waals surface area contributed by atoms with Crippen molar-refractivity contribution >= 4 is 10.1 Å². The summed E-state index contributed by atoms with van der Waals surface area (Å²) in [6, 6.07) is 9.06. The summed E-state index contributed by atoms with van der Waals surface area (Å²) in [5, 5.41) is 12.2. The molecule has 3 N–H and O–H groups in total. The van der Waals surface area contributed by atoms with E-state index in [1.165, 1.54) is 0 Å². The van der Waals surface area contributed by atoms with Crippen molar-refractivity contribution in [1.29, 1.82) is 0 Å². The van der Waals surface area contributed by atoms with Gasteiger partial charge in [0.2, 0.25) is 0 Å². The molecule has 0 bridgehead atoms. The Morgan fingerprint density at radius 3 is 2.56 bits per heavy atom. The summed E-state index contributed by atoms with van der Waals surface area (Å²) in [7, 11) is -3.95. The van der Waals surface area contributed by atoms with Crippen molar-refractivity contribution in [3.05, 3.63) is 30.3 Å². The quantitative estimate of drug-likeness (QED) is 0.453. The molecule has 0 aliphatic rings. The van der Waals surface area contributed by atoms with Gasteiger partial charge in [-0.1, -0.05) is 18.2 Å². The predicted molar refractivity (Wildman–Crippen MR) is 67.2 cm³/mol. The fourth-order valence-corrected chi connectivity index (χ4v) is 1.64. The van der Waals surface area contributed by atoms with E-state index in [0.29, 0.717) is 5.75 Å². The Labute approximate surface area is 106 Å². The highest BCUT2D eigenvalue weighted by Crippen LogP contribution is 2.08. The van der Waals surface area contributed by atoms with E-state index in [9.17, 15) is 13.5 Å². The van der Waals surface area contributed by atoms with Crippen LogP contribution in [0.4, 0.5) is 0 Å². The third-order valence-electron chi connectivity index (χ3n) is 2.10. The summed E-state index contributed by atoms with van der Waals surface area (Å²) in [4.78, 5) is 0. The van der Waals surface area contributed by atoms with E-state index in [1.807, 2.05) is 18.2 Å². The molecule has 0 heterocycles. The lowest BCUT2D eigenvalue weighted by atomic mass is 10.3. The first-order valence-corrected chi connectivity index (χ1v) is 7.10. The topological polar surface area (TPSA) is 95.9 Å². The van der Waals surface area contributed by atoms with E-state index in [0.717, 1.165) is 0 Å². The van der Waals surface area contributed by atoms with Crippen LogP contribution >= 0.6 is 0 Å². The van der Waals surface area contributed by atoms with Gasteiger partial charge in [0.1, 0.15) is 18.5 Å². The van der Waals surface area contributed by atoms with Crippen LogP contribution in [0.25, 0.3) is 0 Å². The Bertz CT molecular complexity index is 434. The summed E-state index contributed by atoms with van der Waals surface area (Å²) in [6.45, 7) is 0.395. The lowest BCUT2D eigenvalue weighted by molar-refractivity contribution is 0.107. The van der Waals surface area contributed by atoms with Gasteiger partial charge in [0.05, 0.1) is 5.75 Å². The van der Waals surface area contributed by atoms with E-state index in [4.69, 9.17) is 9.29 Å². The molecular weight excluding hydrogens is 258 g/mol. The van der Waals surface area contributed by atoms with Gasteiger partial charge < -0.3 is 15.2 Å². The van der Waals surface area contributed by atoms with E-state index < -0.39 is 16.2 Å². The minimum Gasteiger partial charge on any atom is -0.491 e. The summed E-state index contributed by atoms with van der Waals surface area (Å²) in [5.74, 6) is 0.286. The molecule has 1 aromatic rings. The second-order valence-electron chi connectivity index (χ2n) is 3.77. The van der Waals surface area contributed by atoms with E-state index in [2.05, 4.69) is 5.32 Å². The summed E-state index contributed by atoms with van der Waals surface area (Å²) >= 11 is 0. The first-order valence-electron chi connectivity index (χ1n) is 5.49. The molecular formula is C11H17NO5S. The maximum atomic E-state index is 10.4. The van der Waals surface area contributed by atoms with Crippen molar-refractivity contribution in [2.45, 2.75) is 6.10 Å². The van der Waals surface area contributed by atoms with Crippen molar-refractivity contribution in [1.82, 2.24) is 5.32 Å². The first-order chi connectivity index (χ1) is 8.47. The largest absolute Gasteiger partial charge is 0.491 e. The van der Waals surface area contributed by atoms with Crippen LogP contribution in [-0.4, -0.2) is 49.6 Å². The molecule has 0 aliphatic carbocycles. The molecule has 1 unspecified atom stereocenters. The Kier molecular flexibility index (Phi) is 6.06. The van der Waals surface area contributed by atoms with Crippen LogP contribution in [0.2, 0.25) is 0 Å². The number of hydrogen-bond acceptors (Lipinski definition) is 5. The first kappa shape index (κ1) is 14.9. The third-order valence-corrected chi connectivity index (χ3v) is 2.82. The zero-order chi connectivity index (χ0) is 13.4. The molecule has 0 spiro atoms. The molecule has 0 aliphatic heterocycles. The highest BCUT2D eigenvalue weighted by molar-refractivity contribution is 7.85. The molecule has 0 fully saturated rings. The highest BCUT2D eigenvalue weighted by Gasteiger charge is 2.07. The summed E-state index contributed by atoms with van der Waals surface area (Å²) in [6.07, 6.45) is -0.744. The Balaban J connectivity index is 2.13. The lowest BCUT2D eigenvalue weighted by Crippen LogP contribution is -2.34. The molecule has 0 amide bonds. The van der Waals surface area contributed by atoms with Crippen LogP contribution in [0.5, 0.6) is 5.75 Å². The molecule has 0 aromatic heterocycles. The van der Waals surface area contributed by atoms with Crippen molar-refractivity contribution in [3.8, 4) is 5.75 Å². The molecule has 1 rings (SSSR count). The second-order valence-corrected chi connectivity index (χ2v) is 5.34. The van der Waals surface area contributed by atoms with Gasteiger partial charge in [-0.2, -0.15) is 8.42 Å². The standard InChI is InChI=1S/C11H17NO5S/c13-10(8-12-6-7-18(14,15)16)9-17-11-4-2-1-3-5-11/h1-5,10,12-13H,6-9H2,(H,14,15,16). The molecule has 0 radical (unpaired) electrons. The molecule has 18 heavy (non-hydrogen) atoms. The van der Waals surface area contributed by atoms with Gasteiger partial charge in [-0.25, -0.2) is 0 Å². The van der Waals surface area contributed by atoms with Crippen molar-refractivity contribution in [3.63, 3.8) is 0 Å². The Hall–Kier alpha value is -1.15. The van der Waals surface area contributed by atoms with Crippen LogP contribution in [0, 0.1) is 0 Å². The fourth-order valence-electron chi connectivity index (χ4n) is 1.24. The van der Waals surface area contributed by atoms with Gasteiger partial charge in [-0.3, -0.25) is 4.55 Å². The number of hydrogen-bond donors (Lipinski definition) is 3. The molecule has 7 heteroatoms. The van der Waals surface area contributed by atoms with Crippen LogP contribution in [0.3, 0.4) is 0 Å². The smallest absolute Gasteiger partial charge is 0.266 e. The molecule has 0 saturated carbocycles. The molecule has 1 aromatic carbocycles. The number of ether oxygens (including phenoxy) is 1. The monoisotopic (exact) mass is 275 g/mol. The predicted octanol–water partition coefficient (Wildman–Crippen LogP) is -0.0963. The van der Waals surface area contributed by atoms with Gasteiger partial charge in [-0.15, -0.1) is 0 Å². The van der Waals surface area contributed by atoms with E-state index in [-0.39, 0.29) is 25.4 Å². The van der Waals surface area contributed by atoms with Gasteiger partial charge in [0.25, 0.3) is 10.1 Å². The van der Waals surface area contributed by atoms with Gasteiger partial charge in [-0.05, 0) is 12.1 Å². The third kappa shape index (κ3) is 7.23. The zero-order valence-electron chi connectivity index (χ0n) is 9.82. The molecule has 1 atom stereocenters. The number of benzene rings is 1. The van der Waals surface area contributed by atoms with Crippen molar-refractivity contribution in [2.75, 3.05) is 25.4 Å². The fraction of sp³-hybridized carbons (Fsp3) is 0.455. The Morgan fingerprint density at radius 1 is 1.28 bits per heavy atom. The SMILES string of the molecule is O=S(=O)(O)CCNCC(O)COc1ccccc1. The Morgan fingerprint density at radius 2 is 1.94 bits per heavy atom. The highest BCUT2D eigenvalue weighted by atomic mass is 32.2. The number of para-hydroxylation sites is 1. The van der Waals surface area contributed by atoms with Gasteiger partial charge >= 0.3 is 0 Å². The number of nitrogens with one attached hydrogen (secondary N) is 1. The van der Waals surface area contributed by atoms with E-state index >= 15 is 0 Å². The normalized spacial score (nSPS) is 13.2. The summed E-state index contributed by atoms with van der Waals surface area (Å²) < 4.78 is 34.6. The minimum absolute atomic E-state index is 0.0846.